The van der Waals surface area contributed by atoms with Crippen LogP contribution in [0.2, 0.25) is 0 Å². The number of ether oxygens (including phenoxy) is 1. The largest absolute Gasteiger partial charge is 0.490 e. The number of hydrogen-bond donors (Lipinski definition) is 2. The predicted molar refractivity (Wildman–Crippen MR) is 66.6 cm³/mol. The van der Waals surface area contributed by atoms with Crippen LogP contribution in [0.1, 0.15) is 10.5 Å². The Balaban J connectivity index is 1.96. The highest BCUT2D eigenvalue weighted by atomic mass is 16.5. The summed E-state index contributed by atoms with van der Waals surface area (Å²) in [6.45, 7) is 0.987. The molecule has 92 valence electrons. The zero-order valence-electron chi connectivity index (χ0n) is 9.59. The minimum atomic E-state index is -0.157. The molecule has 2 aromatic rings. The molecule has 1 amide bonds. The molecule has 0 saturated heterocycles. The van der Waals surface area contributed by atoms with Crippen molar-refractivity contribution >= 4 is 17.4 Å². The molecule has 0 aliphatic carbocycles. The molecule has 0 saturated carbocycles. The molecule has 0 fully saturated rings. The molecule has 0 unspecified atom stereocenters. The number of nitrogens with two attached hydrogens (primary N) is 1. The zero-order valence-corrected chi connectivity index (χ0v) is 9.59. The normalized spacial score (nSPS) is 13.9. The summed E-state index contributed by atoms with van der Waals surface area (Å²) < 4.78 is 5.50. The third-order valence-electron chi connectivity index (χ3n) is 2.80. The van der Waals surface area contributed by atoms with Crippen LogP contribution in [0, 0.1) is 0 Å². The molecule has 3 rings (SSSR count). The predicted octanol–water partition coefficient (Wildman–Crippen LogP) is 1.03. The van der Waals surface area contributed by atoms with Gasteiger partial charge in [-0.3, -0.25) is 9.89 Å². The molecule has 0 spiro atoms. The van der Waals surface area contributed by atoms with Crippen molar-refractivity contribution in [3.05, 3.63) is 36.0 Å². The summed E-state index contributed by atoms with van der Waals surface area (Å²) in [6.07, 6.45) is 0. The topological polar surface area (TPSA) is 84.2 Å². The maximum Gasteiger partial charge on any atom is 0.276 e. The van der Waals surface area contributed by atoms with Gasteiger partial charge < -0.3 is 15.4 Å². The van der Waals surface area contributed by atoms with E-state index in [1.54, 1.807) is 4.90 Å². The van der Waals surface area contributed by atoms with Crippen LogP contribution in [0.4, 0.5) is 11.5 Å². The fourth-order valence-corrected chi connectivity index (χ4v) is 1.97. The van der Waals surface area contributed by atoms with Gasteiger partial charge in [-0.25, -0.2) is 0 Å². The van der Waals surface area contributed by atoms with E-state index in [0.29, 0.717) is 30.4 Å². The van der Waals surface area contributed by atoms with E-state index in [2.05, 4.69) is 10.2 Å². The number of benzene rings is 1. The third kappa shape index (κ3) is 1.67. The molecule has 18 heavy (non-hydrogen) atoms. The molecule has 1 aromatic heterocycles. The lowest BCUT2D eigenvalue weighted by Gasteiger charge is -2.28. The van der Waals surface area contributed by atoms with Crippen LogP contribution in [0.25, 0.3) is 0 Å². The molecule has 1 aromatic carbocycles. The zero-order chi connectivity index (χ0) is 12.5. The highest BCUT2D eigenvalue weighted by molar-refractivity contribution is 6.06. The number of anilines is 2. The molecular weight excluding hydrogens is 232 g/mol. The molecule has 0 radical (unpaired) electrons. The summed E-state index contributed by atoms with van der Waals surface area (Å²) in [5.41, 5.74) is 6.65. The van der Waals surface area contributed by atoms with Gasteiger partial charge in [-0.05, 0) is 12.1 Å². The molecule has 6 heteroatoms. The number of amides is 1. The second-order valence-corrected chi connectivity index (χ2v) is 3.98. The van der Waals surface area contributed by atoms with E-state index in [1.165, 1.54) is 6.07 Å². The second-order valence-electron chi connectivity index (χ2n) is 3.98. The van der Waals surface area contributed by atoms with Crippen molar-refractivity contribution in [3.8, 4) is 5.75 Å². The highest BCUT2D eigenvalue weighted by Gasteiger charge is 2.25. The van der Waals surface area contributed by atoms with Crippen LogP contribution in [0.15, 0.2) is 30.3 Å². The smallest absolute Gasteiger partial charge is 0.276 e. The number of nitrogens with one attached hydrogen (secondary N) is 1. The quantitative estimate of drug-likeness (QED) is 0.784. The number of rotatable bonds is 1. The van der Waals surface area contributed by atoms with Crippen molar-refractivity contribution in [2.75, 3.05) is 23.8 Å². The van der Waals surface area contributed by atoms with Crippen molar-refractivity contribution in [1.82, 2.24) is 10.2 Å². The molecule has 0 atom stereocenters. The lowest BCUT2D eigenvalue weighted by Crippen LogP contribution is -2.38. The van der Waals surface area contributed by atoms with Crippen LogP contribution >= 0.6 is 0 Å². The number of fused-ring (bicyclic) bond motifs is 1. The van der Waals surface area contributed by atoms with Gasteiger partial charge in [0, 0.05) is 6.07 Å². The first kappa shape index (κ1) is 10.6. The standard InChI is InChI=1S/C12H12N4O2/c13-11-7-8(14-15-11)12(17)16-5-6-18-10-4-2-1-3-9(10)16/h1-4,7H,5-6H2,(H3,13,14,15). The first-order chi connectivity index (χ1) is 8.75. The van der Waals surface area contributed by atoms with Crippen molar-refractivity contribution in [1.29, 1.82) is 0 Å². The van der Waals surface area contributed by atoms with Crippen LogP contribution < -0.4 is 15.4 Å². The Kier molecular flexibility index (Phi) is 2.40. The number of carbonyl (C=O) groups is 1. The van der Waals surface area contributed by atoms with E-state index >= 15 is 0 Å². The molecule has 6 nitrogen and oxygen atoms in total. The molecule has 1 aliphatic rings. The number of nitrogen functional groups attached to an aromatic ring is 1. The van der Waals surface area contributed by atoms with Gasteiger partial charge in [0.2, 0.25) is 0 Å². The second kappa shape index (κ2) is 4.06. The maximum atomic E-state index is 12.3. The van der Waals surface area contributed by atoms with Gasteiger partial charge in [0.25, 0.3) is 5.91 Å². The number of nitrogens with zero attached hydrogens (tertiary/aromatic N) is 2. The van der Waals surface area contributed by atoms with Gasteiger partial charge in [-0.1, -0.05) is 12.1 Å². The molecule has 3 N–H and O–H groups in total. The Morgan fingerprint density at radius 1 is 1.44 bits per heavy atom. The average molecular weight is 244 g/mol. The van der Waals surface area contributed by atoms with Crippen LogP contribution in [-0.4, -0.2) is 29.3 Å². The van der Waals surface area contributed by atoms with Gasteiger partial charge in [0.15, 0.2) is 0 Å². The van der Waals surface area contributed by atoms with E-state index < -0.39 is 0 Å². The lowest BCUT2D eigenvalue weighted by atomic mass is 10.2. The maximum absolute atomic E-state index is 12.3. The number of carbonyl (C=O) groups excluding carboxylic acids is 1. The van der Waals surface area contributed by atoms with Crippen LogP contribution in [0.5, 0.6) is 5.75 Å². The number of para-hydroxylation sites is 2. The van der Waals surface area contributed by atoms with Gasteiger partial charge in [-0.15, -0.1) is 0 Å². The minimum Gasteiger partial charge on any atom is -0.490 e. The first-order valence-corrected chi connectivity index (χ1v) is 5.60. The van der Waals surface area contributed by atoms with Crippen LogP contribution in [0.3, 0.4) is 0 Å². The fourth-order valence-electron chi connectivity index (χ4n) is 1.97. The summed E-state index contributed by atoms with van der Waals surface area (Å²) in [4.78, 5) is 14.0. The number of aromatic amines is 1. The summed E-state index contributed by atoms with van der Waals surface area (Å²) in [6, 6.07) is 8.97. The van der Waals surface area contributed by atoms with Gasteiger partial charge >= 0.3 is 0 Å². The van der Waals surface area contributed by atoms with E-state index in [4.69, 9.17) is 10.5 Å². The number of aromatic nitrogens is 2. The van der Waals surface area contributed by atoms with Crippen molar-refractivity contribution in [3.63, 3.8) is 0 Å². The Labute approximate surface area is 103 Å². The third-order valence-corrected chi connectivity index (χ3v) is 2.80. The summed E-state index contributed by atoms with van der Waals surface area (Å²) in [5, 5.41) is 6.39. The molecule has 2 heterocycles. The summed E-state index contributed by atoms with van der Waals surface area (Å²) in [5.74, 6) is 0.861. The van der Waals surface area contributed by atoms with E-state index in [0.717, 1.165) is 5.69 Å². The van der Waals surface area contributed by atoms with E-state index in [9.17, 15) is 4.79 Å². The van der Waals surface area contributed by atoms with Crippen molar-refractivity contribution in [2.45, 2.75) is 0 Å². The number of H-pyrrole nitrogens is 1. The fraction of sp³-hybridized carbons (Fsp3) is 0.167. The monoisotopic (exact) mass is 244 g/mol. The Hall–Kier alpha value is -2.50. The van der Waals surface area contributed by atoms with E-state index in [1.807, 2.05) is 24.3 Å². The average Bonchev–Trinajstić information content (AvgIpc) is 2.84. The highest BCUT2D eigenvalue weighted by Crippen LogP contribution is 2.31. The van der Waals surface area contributed by atoms with Gasteiger partial charge in [-0.2, -0.15) is 5.10 Å². The van der Waals surface area contributed by atoms with E-state index in [-0.39, 0.29) is 5.91 Å². The van der Waals surface area contributed by atoms with Gasteiger partial charge in [0.05, 0.1) is 12.2 Å². The molecule has 1 aliphatic heterocycles. The molecule has 0 bridgehead atoms. The Bertz CT molecular complexity index is 593. The van der Waals surface area contributed by atoms with Crippen molar-refractivity contribution in [2.24, 2.45) is 0 Å². The SMILES string of the molecule is Nc1cc(C(=O)N2CCOc3ccccc32)[nH]n1. The van der Waals surface area contributed by atoms with Gasteiger partial charge in [0.1, 0.15) is 23.9 Å². The Morgan fingerprint density at radius 3 is 3.06 bits per heavy atom. The van der Waals surface area contributed by atoms with Crippen molar-refractivity contribution < 1.29 is 9.53 Å². The summed E-state index contributed by atoms with van der Waals surface area (Å²) >= 11 is 0. The first-order valence-electron chi connectivity index (χ1n) is 5.60. The van der Waals surface area contributed by atoms with Crippen LogP contribution in [-0.2, 0) is 0 Å². The number of hydrogen-bond acceptors (Lipinski definition) is 4. The molecular formula is C12H12N4O2. The summed E-state index contributed by atoms with van der Waals surface area (Å²) in [7, 11) is 0. The minimum absolute atomic E-state index is 0.157. The Morgan fingerprint density at radius 2 is 2.28 bits per heavy atom. The lowest BCUT2D eigenvalue weighted by molar-refractivity contribution is 0.0972.